The highest BCUT2D eigenvalue weighted by Crippen LogP contribution is 2.30. The van der Waals surface area contributed by atoms with Crippen molar-refractivity contribution in [1.82, 2.24) is 19.7 Å². The molecule has 7 heteroatoms. The molecule has 2 saturated heterocycles. The number of aromatic nitrogens is 3. The number of ether oxygens (including phenoxy) is 1. The Balaban J connectivity index is 1.41. The Labute approximate surface area is 154 Å². The molecule has 4 heterocycles. The van der Waals surface area contributed by atoms with E-state index in [0.29, 0.717) is 5.82 Å². The van der Waals surface area contributed by atoms with Gasteiger partial charge in [0, 0.05) is 52.9 Å². The maximum atomic E-state index is 6.14. The molecule has 0 amide bonds. The summed E-state index contributed by atoms with van der Waals surface area (Å²) in [5.41, 5.74) is 7.83. The van der Waals surface area contributed by atoms with Gasteiger partial charge in [0.2, 0.25) is 0 Å². The SMILES string of the molecule is Nc1nc2cc(Br)ccc2c2cn(CCN3CC4COCC4C3)nc12. The van der Waals surface area contributed by atoms with Crippen LogP contribution in [0.3, 0.4) is 0 Å². The van der Waals surface area contributed by atoms with Crippen molar-refractivity contribution in [1.29, 1.82) is 0 Å². The first-order chi connectivity index (χ1) is 12.2. The second-order valence-corrected chi connectivity index (χ2v) is 8.05. The van der Waals surface area contributed by atoms with E-state index >= 15 is 0 Å². The molecular weight excluding hydrogens is 382 g/mol. The standard InChI is InChI=1S/C18H20BrN5O/c19-13-1-2-14-15-8-24(22-17(15)18(20)21-16(14)5-13)4-3-23-6-11-9-25-10-12(11)7-23/h1-2,5,8,11-12H,3-4,6-7,9-10H2,(H2,20,21). The lowest BCUT2D eigenvalue weighted by Gasteiger charge is -2.16. The maximum Gasteiger partial charge on any atom is 0.152 e. The molecule has 0 bridgehead atoms. The van der Waals surface area contributed by atoms with Crippen LogP contribution < -0.4 is 5.73 Å². The summed E-state index contributed by atoms with van der Waals surface area (Å²) in [5.74, 6) is 1.94. The molecule has 25 heavy (non-hydrogen) atoms. The Bertz CT molecular complexity index is 943. The first-order valence-corrected chi connectivity index (χ1v) is 9.48. The molecule has 0 spiro atoms. The Morgan fingerprint density at radius 3 is 2.76 bits per heavy atom. The molecule has 5 rings (SSSR count). The fourth-order valence-electron chi connectivity index (χ4n) is 4.14. The molecule has 2 aliphatic rings. The zero-order valence-corrected chi connectivity index (χ0v) is 15.4. The third-order valence-electron chi connectivity index (χ3n) is 5.46. The van der Waals surface area contributed by atoms with Crippen molar-refractivity contribution >= 4 is 43.6 Å². The summed E-state index contributed by atoms with van der Waals surface area (Å²) in [6.07, 6.45) is 2.10. The number of fused-ring (bicyclic) bond motifs is 4. The highest BCUT2D eigenvalue weighted by molar-refractivity contribution is 9.10. The van der Waals surface area contributed by atoms with E-state index in [4.69, 9.17) is 10.5 Å². The van der Waals surface area contributed by atoms with Crippen molar-refractivity contribution in [2.24, 2.45) is 11.8 Å². The minimum Gasteiger partial charge on any atom is -0.382 e. The van der Waals surface area contributed by atoms with Crippen LogP contribution in [0.25, 0.3) is 21.8 Å². The van der Waals surface area contributed by atoms with E-state index in [-0.39, 0.29) is 0 Å². The van der Waals surface area contributed by atoms with Crippen LogP contribution >= 0.6 is 15.9 Å². The highest BCUT2D eigenvalue weighted by Gasteiger charge is 2.36. The molecule has 1 aromatic carbocycles. The van der Waals surface area contributed by atoms with Gasteiger partial charge in [-0.15, -0.1) is 0 Å². The summed E-state index contributed by atoms with van der Waals surface area (Å²) >= 11 is 3.49. The van der Waals surface area contributed by atoms with Gasteiger partial charge in [0.25, 0.3) is 0 Å². The predicted molar refractivity (Wildman–Crippen MR) is 101 cm³/mol. The van der Waals surface area contributed by atoms with Gasteiger partial charge in [-0.05, 0) is 12.1 Å². The van der Waals surface area contributed by atoms with Crippen molar-refractivity contribution in [2.45, 2.75) is 6.54 Å². The molecule has 0 aliphatic carbocycles. The molecule has 0 radical (unpaired) electrons. The quantitative estimate of drug-likeness (QED) is 0.729. The fraction of sp³-hybridized carbons (Fsp3) is 0.444. The lowest BCUT2D eigenvalue weighted by Crippen LogP contribution is -2.27. The fourth-order valence-corrected chi connectivity index (χ4v) is 4.49. The summed E-state index contributed by atoms with van der Waals surface area (Å²) in [7, 11) is 0. The van der Waals surface area contributed by atoms with Crippen molar-refractivity contribution < 1.29 is 4.74 Å². The first kappa shape index (κ1) is 15.5. The molecule has 2 fully saturated rings. The molecular formula is C18H20BrN5O. The van der Waals surface area contributed by atoms with E-state index < -0.39 is 0 Å². The van der Waals surface area contributed by atoms with Crippen LogP contribution in [0.2, 0.25) is 0 Å². The van der Waals surface area contributed by atoms with Crippen LogP contribution in [0.4, 0.5) is 5.82 Å². The average molecular weight is 402 g/mol. The van der Waals surface area contributed by atoms with Gasteiger partial charge in [0.15, 0.2) is 5.82 Å². The number of pyridine rings is 1. The normalized spacial score (nSPS) is 23.7. The molecule has 2 atom stereocenters. The van der Waals surface area contributed by atoms with Gasteiger partial charge in [0.05, 0.1) is 25.3 Å². The van der Waals surface area contributed by atoms with E-state index in [1.54, 1.807) is 0 Å². The molecule has 2 aliphatic heterocycles. The number of hydrogen-bond donors (Lipinski definition) is 1. The topological polar surface area (TPSA) is 69.2 Å². The third kappa shape index (κ3) is 2.70. The van der Waals surface area contributed by atoms with E-state index in [2.05, 4.69) is 43.2 Å². The minimum absolute atomic E-state index is 0.493. The molecule has 2 N–H and O–H groups in total. The van der Waals surface area contributed by atoms with Gasteiger partial charge in [-0.25, -0.2) is 4.98 Å². The van der Waals surface area contributed by atoms with Crippen molar-refractivity contribution in [3.05, 3.63) is 28.9 Å². The lowest BCUT2D eigenvalue weighted by molar-refractivity contribution is 0.153. The van der Waals surface area contributed by atoms with Gasteiger partial charge < -0.3 is 15.4 Å². The second kappa shape index (κ2) is 5.93. The van der Waals surface area contributed by atoms with Crippen LogP contribution in [-0.4, -0.2) is 52.5 Å². The Morgan fingerprint density at radius 2 is 1.96 bits per heavy atom. The molecule has 2 unspecified atom stereocenters. The summed E-state index contributed by atoms with van der Waals surface area (Å²) in [6.45, 7) is 6.02. The van der Waals surface area contributed by atoms with Crippen LogP contribution in [0.1, 0.15) is 0 Å². The molecule has 0 saturated carbocycles. The van der Waals surface area contributed by atoms with Crippen molar-refractivity contribution in [3.8, 4) is 0 Å². The number of halogens is 1. The van der Waals surface area contributed by atoms with Crippen LogP contribution in [-0.2, 0) is 11.3 Å². The maximum absolute atomic E-state index is 6.14. The summed E-state index contributed by atoms with van der Waals surface area (Å²) in [6, 6.07) is 6.09. The van der Waals surface area contributed by atoms with E-state index in [1.807, 2.05) is 16.8 Å². The minimum atomic E-state index is 0.493. The summed E-state index contributed by atoms with van der Waals surface area (Å²) in [5, 5.41) is 6.84. The Morgan fingerprint density at radius 1 is 1.16 bits per heavy atom. The molecule has 3 aromatic rings. The smallest absolute Gasteiger partial charge is 0.152 e. The zero-order valence-electron chi connectivity index (χ0n) is 13.9. The summed E-state index contributed by atoms with van der Waals surface area (Å²) in [4.78, 5) is 7.03. The van der Waals surface area contributed by atoms with Crippen molar-refractivity contribution in [2.75, 3.05) is 38.6 Å². The average Bonchev–Trinajstić information content (AvgIpc) is 3.27. The lowest BCUT2D eigenvalue weighted by atomic mass is 10.0. The van der Waals surface area contributed by atoms with E-state index in [1.165, 1.54) is 0 Å². The predicted octanol–water partition coefficient (Wildman–Crippen LogP) is 2.51. The van der Waals surface area contributed by atoms with E-state index in [9.17, 15) is 0 Å². The van der Waals surface area contributed by atoms with Crippen LogP contribution in [0, 0.1) is 11.8 Å². The monoisotopic (exact) mass is 401 g/mol. The Kier molecular flexibility index (Phi) is 3.69. The van der Waals surface area contributed by atoms with Gasteiger partial charge in [-0.3, -0.25) is 4.68 Å². The summed E-state index contributed by atoms with van der Waals surface area (Å²) < 4.78 is 8.57. The van der Waals surface area contributed by atoms with Crippen molar-refractivity contribution in [3.63, 3.8) is 0 Å². The van der Waals surface area contributed by atoms with Gasteiger partial charge in [-0.1, -0.05) is 22.0 Å². The number of benzene rings is 1. The van der Waals surface area contributed by atoms with E-state index in [0.717, 1.165) is 77.5 Å². The number of hydrogen-bond acceptors (Lipinski definition) is 5. The van der Waals surface area contributed by atoms with Gasteiger partial charge >= 0.3 is 0 Å². The highest BCUT2D eigenvalue weighted by atomic mass is 79.9. The van der Waals surface area contributed by atoms with Crippen LogP contribution in [0.5, 0.6) is 0 Å². The molecule has 2 aromatic heterocycles. The first-order valence-electron chi connectivity index (χ1n) is 8.69. The number of nitrogen functional groups attached to an aromatic ring is 1. The van der Waals surface area contributed by atoms with Gasteiger partial charge in [-0.2, -0.15) is 5.10 Å². The Hall–Kier alpha value is -1.70. The number of anilines is 1. The number of likely N-dealkylation sites (tertiary alicyclic amines) is 1. The molecule has 6 nitrogen and oxygen atoms in total. The number of nitrogens with two attached hydrogens (primary N) is 1. The third-order valence-corrected chi connectivity index (χ3v) is 5.95. The van der Waals surface area contributed by atoms with Crippen LogP contribution in [0.15, 0.2) is 28.9 Å². The molecule has 130 valence electrons. The second-order valence-electron chi connectivity index (χ2n) is 7.13. The number of rotatable bonds is 3. The number of nitrogens with zero attached hydrogens (tertiary/aromatic N) is 4. The largest absolute Gasteiger partial charge is 0.382 e. The van der Waals surface area contributed by atoms with Gasteiger partial charge in [0.1, 0.15) is 5.52 Å². The zero-order chi connectivity index (χ0) is 17.0.